The molecule has 3 atom stereocenters. The van der Waals surface area contributed by atoms with Gasteiger partial charge in [-0.3, -0.25) is 23.2 Å². The molecule has 0 saturated carbocycles. The number of esters is 2. The van der Waals surface area contributed by atoms with Crippen molar-refractivity contribution in [3.63, 3.8) is 0 Å². The molecule has 0 amide bonds. The van der Waals surface area contributed by atoms with Crippen LogP contribution in [0.3, 0.4) is 0 Å². The number of hydrogen-bond donors (Lipinski definition) is 4. The van der Waals surface area contributed by atoms with E-state index >= 15 is 0 Å². The van der Waals surface area contributed by atoms with E-state index in [0.29, 0.717) is 12.8 Å². The second-order valence-corrected chi connectivity index (χ2v) is 16.6. The van der Waals surface area contributed by atoms with Gasteiger partial charge in [0, 0.05) is 12.8 Å². The summed E-state index contributed by atoms with van der Waals surface area (Å²) < 4.78 is 47.7. The first-order valence-electron chi connectivity index (χ1n) is 21.0. The Kier molecular flexibility index (Phi) is 36.6. The van der Waals surface area contributed by atoms with Crippen LogP contribution in [0.4, 0.5) is 0 Å². The zero-order valence-electron chi connectivity index (χ0n) is 34.7. The van der Waals surface area contributed by atoms with E-state index in [9.17, 15) is 28.7 Å². The number of aliphatic hydroxyl groups excluding tert-OH is 1. The molecule has 330 valence electrons. The lowest BCUT2D eigenvalue weighted by Crippen LogP contribution is -2.30. The van der Waals surface area contributed by atoms with Crippen molar-refractivity contribution in [3.05, 3.63) is 60.8 Å². The Morgan fingerprint density at radius 2 is 0.965 bits per heavy atom. The Bertz CT molecular complexity index is 1240. The lowest BCUT2D eigenvalue weighted by Gasteiger charge is -2.20. The van der Waals surface area contributed by atoms with Gasteiger partial charge in [-0.15, -0.1) is 0 Å². The predicted octanol–water partition coefficient (Wildman–Crippen LogP) is 10.4. The van der Waals surface area contributed by atoms with E-state index in [1.54, 1.807) is 0 Å². The van der Waals surface area contributed by atoms with Gasteiger partial charge in [-0.2, -0.15) is 0 Å². The van der Waals surface area contributed by atoms with Gasteiger partial charge in [-0.05, 0) is 77.0 Å². The Morgan fingerprint density at radius 3 is 1.49 bits per heavy atom. The van der Waals surface area contributed by atoms with Crippen molar-refractivity contribution in [3.8, 4) is 0 Å². The molecular formula is C42H74O13P2. The zero-order chi connectivity index (χ0) is 42.3. The average Bonchev–Trinajstić information content (AvgIpc) is 3.17. The van der Waals surface area contributed by atoms with Crippen molar-refractivity contribution in [2.24, 2.45) is 0 Å². The number of hydrogen-bond acceptors (Lipinski definition) is 10. The van der Waals surface area contributed by atoms with Gasteiger partial charge in [0.25, 0.3) is 0 Å². The molecule has 0 aromatic carbocycles. The van der Waals surface area contributed by atoms with Crippen LogP contribution in [0.15, 0.2) is 60.8 Å². The molecule has 0 aliphatic rings. The van der Waals surface area contributed by atoms with Gasteiger partial charge in [0.15, 0.2) is 6.10 Å². The van der Waals surface area contributed by atoms with Crippen molar-refractivity contribution in [1.82, 2.24) is 0 Å². The molecule has 0 radical (unpaired) electrons. The van der Waals surface area contributed by atoms with Crippen LogP contribution in [0.25, 0.3) is 0 Å². The highest BCUT2D eigenvalue weighted by Gasteiger charge is 2.28. The predicted molar refractivity (Wildman–Crippen MR) is 225 cm³/mol. The van der Waals surface area contributed by atoms with E-state index in [1.807, 2.05) is 0 Å². The normalized spacial score (nSPS) is 14.7. The summed E-state index contributed by atoms with van der Waals surface area (Å²) in [5.74, 6) is -1.07. The molecule has 0 aliphatic carbocycles. The number of phosphoric ester groups is 2. The maximum atomic E-state index is 12.6. The first-order valence-corrected chi connectivity index (χ1v) is 24.0. The minimum absolute atomic E-state index is 0.106. The fourth-order valence-electron chi connectivity index (χ4n) is 5.21. The summed E-state index contributed by atoms with van der Waals surface area (Å²) in [5.41, 5.74) is 0. The third-order valence-electron chi connectivity index (χ3n) is 8.38. The van der Waals surface area contributed by atoms with Crippen molar-refractivity contribution in [2.45, 2.75) is 167 Å². The van der Waals surface area contributed by atoms with E-state index in [-0.39, 0.29) is 12.8 Å². The summed E-state index contributed by atoms with van der Waals surface area (Å²) in [6, 6.07) is 0. The number of carbonyl (C=O) groups excluding carboxylic acids is 2. The Balaban J connectivity index is 4.60. The molecule has 0 fully saturated rings. The molecule has 3 unspecified atom stereocenters. The molecule has 0 bridgehead atoms. The maximum absolute atomic E-state index is 12.6. The minimum Gasteiger partial charge on any atom is -0.462 e. The lowest BCUT2D eigenvalue weighted by molar-refractivity contribution is -0.161. The van der Waals surface area contributed by atoms with Crippen molar-refractivity contribution >= 4 is 27.6 Å². The summed E-state index contributed by atoms with van der Waals surface area (Å²) in [4.78, 5) is 52.6. The second-order valence-electron chi connectivity index (χ2n) is 13.9. The summed E-state index contributed by atoms with van der Waals surface area (Å²) >= 11 is 0. The summed E-state index contributed by atoms with van der Waals surface area (Å²) in [6.07, 6.45) is 39.3. The lowest BCUT2D eigenvalue weighted by atomic mass is 10.1. The van der Waals surface area contributed by atoms with Crippen LogP contribution in [-0.2, 0) is 41.8 Å². The average molecular weight is 849 g/mol. The molecule has 0 heterocycles. The first kappa shape index (κ1) is 54.8. The minimum atomic E-state index is -4.87. The Morgan fingerprint density at radius 1 is 0.526 bits per heavy atom. The van der Waals surface area contributed by atoms with Crippen molar-refractivity contribution in [1.29, 1.82) is 0 Å². The fourth-order valence-corrected chi connectivity index (χ4v) is 6.37. The van der Waals surface area contributed by atoms with Gasteiger partial charge in [-0.1, -0.05) is 126 Å². The van der Waals surface area contributed by atoms with Crippen LogP contribution in [0.2, 0.25) is 0 Å². The molecule has 15 heteroatoms. The highest BCUT2D eigenvalue weighted by Crippen LogP contribution is 2.43. The number of phosphoric acid groups is 2. The first-order chi connectivity index (χ1) is 27.4. The number of unbranched alkanes of at least 4 members (excludes halogenated alkanes) is 13. The van der Waals surface area contributed by atoms with Gasteiger partial charge in [0.1, 0.15) is 12.7 Å². The van der Waals surface area contributed by atoms with Gasteiger partial charge in [0.2, 0.25) is 0 Å². The molecule has 57 heavy (non-hydrogen) atoms. The quantitative estimate of drug-likeness (QED) is 0.0198. The van der Waals surface area contributed by atoms with Gasteiger partial charge >= 0.3 is 27.6 Å². The second kappa shape index (κ2) is 38.0. The third kappa shape index (κ3) is 41.8. The Labute approximate surface area is 342 Å². The highest BCUT2D eigenvalue weighted by molar-refractivity contribution is 7.47. The van der Waals surface area contributed by atoms with Crippen molar-refractivity contribution < 1.29 is 61.6 Å². The Hall–Kier alpha value is -2.18. The van der Waals surface area contributed by atoms with E-state index in [0.717, 1.165) is 96.3 Å². The fraction of sp³-hybridized carbons (Fsp3) is 0.714. The SMILES string of the molecule is CCC=CCC=CCC=CCCCCCCCC(=O)OC(COC(=O)CCCCCCCC=CCC=CCCCCC)COP(=O)(O)OCC(O)COP(=O)(O)O. The van der Waals surface area contributed by atoms with Crippen LogP contribution in [-0.4, -0.2) is 70.4 Å². The van der Waals surface area contributed by atoms with Crippen LogP contribution >= 0.6 is 15.6 Å². The van der Waals surface area contributed by atoms with Gasteiger partial charge < -0.3 is 29.3 Å². The summed E-state index contributed by atoms with van der Waals surface area (Å²) in [5, 5.41) is 9.73. The van der Waals surface area contributed by atoms with Gasteiger partial charge in [0.05, 0.1) is 19.8 Å². The van der Waals surface area contributed by atoms with Gasteiger partial charge in [-0.25, -0.2) is 9.13 Å². The summed E-state index contributed by atoms with van der Waals surface area (Å²) in [6.45, 7) is 1.57. The molecule has 0 aromatic rings. The molecule has 0 spiro atoms. The number of rotatable bonds is 39. The standard InChI is InChI=1S/C42H74O13P2/c1-3-5-7-9-11-13-15-17-19-21-23-25-27-29-31-33-41(44)51-37-40(38-54-57(49,50)53-36-39(43)35-52-56(46,47)48)55-42(45)34-32-30-28-26-24-22-20-18-16-14-12-10-8-6-4-2/h6,8,11-14,17-20,39-40,43H,3-5,7,9-10,15-16,21-38H2,1-2H3,(H,49,50)(H2,46,47,48). The number of carbonyl (C=O) groups is 2. The molecule has 0 aliphatic heterocycles. The van der Waals surface area contributed by atoms with E-state index in [4.69, 9.17) is 23.8 Å². The number of aliphatic hydroxyl groups is 1. The molecule has 0 rings (SSSR count). The zero-order valence-corrected chi connectivity index (χ0v) is 36.5. The maximum Gasteiger partial charge on any atom is 0.472 e. The number of allylic oxidation sites excluding steroid dienone is 10. The van der Waals surface area contributed by atoms with Crippen LogP contribution in [0.1, 0.15) is 155 Å². The van der Waals surface area contributed by atoms with E-state index < -0.39 is 66.2 Å². The molecule has 0 aromatic heterocycles. The third-order valence-corrected chi connectivity index (χ3v) is 9.82. The van der Waals surface area contributed by atoms with E-state index in [1.165, 1.54) is 19.3 Å². The molecule has 0 saturated heterocycles. The van der Waals surface area contributed by atoms with Crippen LogP contribution < -0.4 is 0 Å². The highest BCUT2D eigenvalue weighted by atomic mass is 31.2. The number of ether oxygens (including phenoxy) is 2. The van der Waals surface area contributed by atoms with Crippen LogP contribution in [0.5, 0.6) is 0 Å². The topological polar surface area (TPSA) is 195 Å². The summed E-state index contributed by atoms with van der Waals surface area (Å²) in [7, 11) is -9.68. The van der Waals surface area contributed by atoms with Crippen LogP contribution in [0, 0.1) is 0 Å². The molecule has 4 N–H and O–H groups in total. The molecule has 13 nitrogen and oxygen atoms in total. The monoisotopic (exact) mass is 848 g/mol. The smallest absolute Gasteiger partial charge is 0.462 e. The van der Waals surface area contributed by atoms with Crippen molar-refractivity contribution in [2.75, 3.05) is 26.4 Å². The van der Waals surface area contributed by atoms with E-state index in [2.05, 4.69) is 83.7 Å². The molecular weight excluding hydrogens is 774 g/mol. The largest absolute Gasteiger partial charge is 0.472 e.